The number of aromatic nitrogens is 1. The Morgan fingerprint density at radius 3 is 2.31 bits per heavy atom. The van der Waals surface area contributed by atoms with Crippen molar-refractivity contribution in [3.63, 3.8) is 0 Å². The second-order valence-corrected chi connectivity index (χ2v) is 3.25. The van der Waals surface area contributed by atoms with Gasteiger partial charge in [-0.05, 0) is 26.0 Å². The van der Waals surface area contributed by atoms with Crippen LogP contribution in [0.15, 0.2) is 35.0 Å². The van der Waals surface area contributed by atoms with E-state index in [9.17, 15) is 0 Å². The average molecular weight is 173 g/mol. The number of benzene rings is 1. The van der Waals surface area contributed by atoms with Gasteiger partial charge in [0.05, 0.1) is 6.20 Å². The molecule has 0 aliphatic heterocycles. The van der Waals surface area contributed by atoms with Crippen LogP contribution in [0.3, 0.4) is 0 Å². The van der Waals surface area contributed by atoms with E-state index in [0.29, 0.717) is 0 Å². The standard InChI is InChI=1S/C11H11NO/c1-8-5-9(2)7-10(6-8)11-3-4-12-13-11/h3-7H,1-2H3. The first-order chi connectivity index (χ1) is 6.25. The van der Waals surface area contributed by atoms with Gasteiger partial charge in [0, 0.05) is 11.6 Å². The molecule has 2 rings (SSSR count). The molecule has 0 saturated heterocycles. The fourth-order valence-electron chi connectivity index (χ4n) is 1.48. The summed E-state index contributed by atoms with van der Waals surface area (Å²) >= 11 is 0. The van der Waals surface area contributed by atoms with Gasteiger partial charge in [0.25, 0.3) is 0 Å². The summed E-state index contributed by atoms with van der Waals surface area (Å²) in [6.45, 7) is 4.15. The summed E-state index contributed by atoms with van der Waals surface area (Å²) in [4.78, 5) is 0. The van der Waals surface area contributed by atoms with E-state index in [0.717, 1.165) is 11.3 Å². The van der Waals surface area contributed by atoms with Crippen molar-refractivity contribution in [3.8, 4) is 11.3 Å². The highest BCUT2D eigenvalue weighted by molar-refractivity contribution is 5.58. The fraction of sp³-hybridized carbons (Fsp3) is 0.182. The molecule has 1 heterocycles. The summed E-state index contributed by atoms with van der Waals surface area (Å²) in [6, 6.07) is 8.19. The lowest BCUT2D eigenvalue weighted by atomic mass is 10.1. The summed E-state index contributed by atoms with van der Waals surface area (Å²) in [7, 11) is 0. The lowest BCUT2D eigenvalue weighted by Crippen LogP contribution is -1.80. The van der Waals surface area contributed by atoms with Crippen LogP contribution in [0, 0.1) is 13.8 Å². The summed E-state index contributed by atoms with van der Waals surface area (Å²) in [5, 5.41) is 3.68. The lowest BCUT2D eigenvalue weighted by molar-refractivity contribution is 0.432. The van der Waals surface area contributed by atoms with E-state index < -0.39 is 0 Å². The number of hydrogen-bond donors (Lipinski definition) is 0. The molecule has 0 saturated carbocycles. The van der Waals surface area contributed by atoms with Crippen LogP contribution in [0.5, 0.6) is 0 Å². The number of aryl methyl sites for hydroxylation is 2. The predicted molar refractivity (Wildman–Crippen MR) is 51.4 cm³/mol. The van der Waals surface area contributed by atoms with Crippen LogP contribution in [0.1, 0.15) is 11.1 Å². The van der Waals surface area contributed by atoms with Gasteiger partial charge in [-0.15, -0.1) is 0 Å². The van der Waals surface area contributed by atoms with Gasteiger partial charge in [0.1, 0.15) is 0 Å². The molecule has 1 aromatic carbocycles. The monoisotopic (exact) mass is 173 g/mol. The average Bonchev–Trinajstić information content (AvgIpc) is 2.53. The van der Waals surface area contributed by atoms with Crippen LogP contribution in [0.4, 0.5) is 0 Å². The van der Waals surface area contributed by atoms with Crippen molar-refractivity contribution in [2.75, 3.05) is 0 Å². The van der Waals surface area contributed by atoms with Gasteiger partial charge in [-0.3, -0.25) is 0 Å². The summed E-state index contributed by atoms with van der Waals surface area (Å²) < 4.78 is 5.08. The highest BCUT2D eigenvalue weighted by Gasteiger charge is 2.02. The lowest BCUT2D eigenvalue weighted by Gasteiger charge is -2.00. The molecule has 0 atom stereocenters. The molecule has 0 unspecified atom stereocenters. The molecule has 0 aliphatic rings. The SMILES string of the molecule is Cc1cc(C)cc(-c2ccno2)c1. The Hall–Kier alpha value is -1.57. The summed E-state index contributed by atoms with van der Waals surface area (Å²) in [6.07, 6.45) is 1.66. The van der Waals surface area contributed by atoms with Crippen LogP contribution >= 0.6 is 0 Å². The second kappa shape index (κ2) is 3.05. The number of nitrogens with zero attached hydrogens (tertiary/aromatic N) is 1. The van der Waals surface area contributed by atoms with Crippen molar-refractivity contribution in [2.24, 2.45) is 0 Å². The summed E-state index contributed by atoms with van der Waals surface area (Å²) in [5.74, 6) is 0.826. The van der Waals surface area contributed by atoms with E-state index >= 15 is 0 Å². The zero-order chi connectivity index (χ0) is 9.26. The number of hydrogen-bond acceptors (Lipinski definition) is 2. The fourth-order valence-corrected chi connectivity index (χ4v) is 1.48. The van der Waals surface area contributed by atoms with Gasteiger partial charge in [-0.1, -0.05) is 22.3 Å². The first kappa shape index (κ1) is 8.05. The topological polar surface area (TPSA) is 26.0 Å². The van der Waals surface area contributed by atoms with Crippen molar-refractivity contribution in [3.05, 3.63) is 41.6 Å². The van der Waals surface area contributed by atoms with Gasteiger partial charge < -0.3 is 4.52 Å². The molecule has 0 fully saturated rings. The molecule has 2 heteroatoms. The molecule has 2 nitrogen and oxygen atoms in total. The molecule has 0 N–H and O–H groups in total. The third-order valence-electron chi connectivity index (χ3n) is 1.94. The van der Waals surface area contributed by atoms with Gasteiger partial charge in [-0.25, -0.2) is 0 Å². The molecule has 0 radical (unpaired) electrons. The van der Waals surface area contributed by atoms with E-state index in [4.69, 9.17) is 4.52 Å². The highest BCUT2D eigenvalue weighted by atomic mass is 16.5. The van der Waals surface area contributed by atoms with E-state index in [1.54, 1.807) is 6.20 Å². The van der Waals surface area contributed by atoms with Crippen molar-refractivity contribution in [1.29, 1.82) is 0 Å². The van der Waals surface area contributed by atoms with E-state index in [1.165, 1.54) is 11.1 Å². The van der Waals surface area contributed by atoms with Crippen LogP contribution in [-0.2, 0) is 0 Å². The molecule has 66 valence electrons. The van der Waals surface area contributed by atoms with Crippen LogP contribution in [-0.4, -0.2) is 5.16 Å². The van der Waals surface area contributed by atoms with Crippen molar-refractivity contribution >= 4 is 0 Å². The first-order valence-corrected chi connectivity index (χ1v) is 4.25. The molecule has 0 bridgehead atoms. The van der Waals surface area contributed by atoms with Gasteiger partial charge in [0.15, 0.2) is 5.76 Å². The maximum Gasteiger partial charge on any atom is 0.166 e. The second-order valence-electron chi connectivity index (χ2n) is 3.25. The largest absolute Gasteiger partial charge is 0.356 e. The zero-order valence-corrected chi connectivity index (χ0v) is 7.74. The van der Waals surface area contributed by atoms with Crippen molar-refractivity contribution in [1.82, 2.24) is 5.16 Å². The Morgan fingerprint density at radius 2 is 1.77 bits per heavy atom. The van der Waals surface area contributed by atoms with Crippen LogP contribution in [0.25, 0.3) is 11.3 Å². The third-order valence-corrected chi connectivity index (χ3v) is 1.94. The molecule has 13 heavy (non-hydrogen) atoms. The molecule has 0 aliphatic carbocycles. The van der Waals surface area contributed by atoms with Crippen LogP contribution in [0.2, 0.25) is 0 Å². The highest BCUT2D eigenvalue weighted by Crippen LogP contribution is 2.21. The third kappa shape index (κ3) is 1.61. The van der Waals surface area contributed by atoms with E-state index in [2.05, 4.69) is 37.2 Å². The van der Waals surface area contributed by atoms with Gasteiger partial charge in [-0.2, -0.15) is 0 Å². The minimum Gasteiger partial charge on any atom is -0.356 e. The maximum absolute atomic E-state index is 5.08. The predicted octanol–water partition coefficient (Wildman–Crippen LogP) is 2.96. The molecular weight excluding hydrogens is 162 g/mol. The quantitative estimate of drug-likeness (QED) is 0.662. The van der Waals surface area contributed by atoms with Gasteiger partial charge >= 0.3 is 0 Å². The maximum atomic E-state index is 5.08. The smallest absolute Gasteiger partial charge is 0.166 e. The number of rotatable bonds is 1. The Kier molecular flexibility index (Phi) is 1.89. The minimum absolute atomic E-state index is 0.826. The van der Waals surface area contributed by atoms with Crippen LogP contribution < -0.4 is 0 Å². The van der Waals surface area contributed by atoms with E-state index in [1.807, 2.05) is 6.07 Å². The summed E-state index contributed by atoms with van der Waals surface area (Å²) in [5.41, 5.74) is 3.58. The van der Waals surface area contributed by atoms with Crippen molar-refractivity contribution < 1.29 is 4.52 Å². The first-order valence-electron chi connectivity index (χ1n) is 4.25. The molecule has 0 amide bonds. The molecule has 1 aromatic heterocycles. The molecule has 2 aromatic rings. The minimum atomic E-state index is 0.826. The normalized spacial score (nSPS) is 10.3. The van der Waals surface area contributed by atoms with Gasteiger partial charge in [0.2, 0.25) is 0 Å². The Labute approximate surface area is 77.2 Å². The molecular formula is C11H11NO. The Bertz CT molecular complexity index is 384. The molecule has 0 spiro atoms. The zero-order valence-electron chi connectivity index (χ0n) is 7.74. The van der Waals surface area contributed by atoms with Crippen molar-refractivity contribution in [2.45, 2.75) is 13.8 Å². The Balaban J connectivity index is 2.53. The Morgan fingerprint density at radius 1 is 1.08 bits per heavy atom. The van der Waals surface area contributed by atoms with E-state index in [-0.39, 0.29) is 0 Å².